The van der Waals surface area contributed by atoms with E-state index in [0.29, 0.717) is 26.2 Å². The molecule has 0 aromatic carbocycles. The number of nitrogens with two attached hydrogens (primary N) is 2. The van der Waals surface area contributed by atoms with Crippen molar-refractivity contribution in [2.45, 2.75) is 0 Å². The van der Waals surface area contributed by atoms with Gasteiger partial charge in [0.05, 0.1) is 0 Å². The van der Waals surface area contributed by atoms with E-state index in [9.17, 15) is 0 Å². The van der Waals surface area contributed by atoms with Crippen molar-refractivity contribution in [1.82, 2.24) is 8.73 Å². The molecule has 0 saturated heterocycles. The van der Waals surface area contributed by atoms with E-state index in [1.165, 1.54) is 0 Å². The molecule has 0 radical (unpaired) electrons. The van der Waals surface area contributed by atoms with Crippen LogP contribution in [-0.2, 0) is 11.2 Å². The van der Waals surface area contributed by atoms with Gasteiger partial charge in [-0.05, 0) is 0 Å². The second-order valence-corrected chi connectivity index (χ2v) is 7.28. The average molecular weight is 248 g/mol. The summed E-state index contributed by atoms with van der Waals surface area (Å²) in [6.07, 6.45) is 0. The van der Waals surface area contributed by atoms with Crippen LogP contribution in [0.4, 0.5) is 0 Å². The van der Waals surface area contributed by atoms with Crippen LogP contribution >= 0.6 is 20.3 Å². The Balaban J connectivity index is 3.43. The van der Waals surface area contributed by atoms with Crippen LogP contribution in [0.25, 0.3) is 0 Å². The van der Waals surface area contributed by atoms with E-state index in [-0.39, 0.29) is 0 Å². The molecule has 0 atom stereocenters. The van der Waals surface area contributed by atoms with E-state index in [4.69, 9.17) is 31.8 Å². The monoisotopic (exact) mass is 247 g/mol. The molecule has 4 nitrogen and oxygen atoms in total. The fourth-order valence-electron chi connectivity index (χ4n) is 0.347. The van der Waals surface area contributed by atoms with Crippen LogP contribution in [-0.4, -0.2) is 26.2 Å². The summed E-state index contributed by atoms with van der Waals surface area (Å²) in [5, 5.41) is 0. The molecule has 11 heavy (non-hydrogen) atoms. The molecule has 0 aliphatic carbocycles. The molecule has 7 heteroatoms. The fourth-order valence-corrected chi connectivity index (χ4v) is 2.47. The molecule has 0 amide bonds. The van der Waals surface area contributed by atoms with Gasteiger partial charge < -0.3 is 0 Å². The summed E-state index contributed by atoms with van der Waals surface area (Å²) < 4.78 is 5.78. The predicted molar refractivity (Wildman–Crippen MR) is 45.8 cm³/mol. The Morgan fingerprint density at radius 2 is 1.36 bits per heavy atom. The molecule has 0 aromatic rings. The molecule has 0 heterocycles. The Bertz CT molecular complexity index is 92.1. The van der Waals surface area contributed by atoms with Gasteiger partial charge in [0.15, 0.2) is 0 Å². The normalized spacial score (nSPS) is 13.5. The summed E-state index contributed by atoms with van der Waals surface area (Å²) in [4.78, 5) is 0. The van der Waals surface area contributed by atoms with Crippen molar-refractivity contribution < 1.29 is 11.2 Å². The van der Waals surface area contributed by atoms with Crippen LogP contribution in [0.3, 0.4) is 0 Å². The van der Waals surface area contributed by atoms with E-state index >= 15 is 0 Å². The van der Waals surface area contributed by atoms with Gasteiger partial charge in [0.1, 0.15) is 0 Å². The zero-order valence-electron chi connectivity index (χ0n) is 6.07. The standard InChI is InChI=1S/2C2H7N2.2ClH.Co/c2*3-1-2-4;;;/h2*3H,1-2,4H2;2*1H;/q2*-1;;;+4/p-2. The molecule has 0 bridgehead atoms. The summed E-state index contributed by atoms with van der Waals surface area (Å²) in [7, 11) is 11.7. The summed E-state index contributed by atoms with van der Waals surface area (Å²) >= 11 is -2.17. The third kappa shape index (κ3) is 7.29. The van der Waals surface area contributed by atoms with Gasteiger partial charge in [-0.15, -0.1) is 0 Å². The van der Waals surface area contributed by atoms with E-state index in [2.05, 4.69) is 8.73 Å². The summed E-state index contributed by atoms with van der Waals surface area (Å²) in [5.41, 5.74) is 10.5. The Labute approximate surface area is 78.0 Å². The van der Waals surface area contributed by atoms with Crippen molar-refractivity contribution in [2.75, 3.05) is 26.2 Å². The van der Waals surface area contributed by atoms with Crippen molar-refractivity contribution in [3.05, 3.63) is 0 Å². The minimum atomic E-state index is -2.17. The Morgan fingerprint density at radius 3 is 1.64 bits per heavy atom. The van der Waals surface area contributed by atoms with Gasteiger partial charge in [0.2, 0.25) is 0 Å². The van der Waals surface area contributed by atoms with Crippen molar-refractivity contribution in [1.29, 1.82) is 0 Å². The second kappa shape index (κ2) is 6.44. The van der Waals surface area contributed by atoms with E-state index in [1.54, 1.807) is 0 Å². The van der Waals surface area contributed by atoms with Gasteiger partial charge in [0.25, 0.3) is 0 Å². The van der Waals surface area contributed by atoms with Crippen LogP contribution in [0, 0.1) is 0 Å². The van der Waals surface area contributed by atoms with E-state index in [0.717, 1.165) is 0 Å². The molecule has 6 N–H and O–H groups in total. The molecule has 73 valence electrons. The predicted octanol–water partition coefficient (Wildman–Crippen LogP) is -0.625. The van der Waals surface area contributed by atoms with E-state index < -0.39 is 11.2 Å². The summed E-state index contributed by atoms with van der Waals surface area (Å²) in [6, 6.07) is 0. The van der Waals surface area contributed by atoms with Crippen LogP contribution < -0.4 is 20.2 Å². The second-order valence-electron chi connectivity index (χ2n) is 1.70. The van der Waals surface area contributed by atoms with Crippen molar-refractivity contribution in [2.24, 2.45) is 11.5 Å². The first-order chi connectivity index (χ1) is 5.12. The van der Waals surface area contributed by atoms with Crippen LogP contribution in [0.2, 0.25) is 0 Å². The molecule has 0 saturated carbocycles. The fraction of sp³-hybridized carbons (Fsp3) is 1.00. The molecular formula is C4H14Cl2CoN4. The van der Waals surface area contributed by atoms with Gasteiger partial charge in [-0.25, -0.2) is 0 Å². The number of rotatable bonds is 6. The first kappa shape index (κ1) is 11.9. The molecule has 0 spiro atoms. The maximum absolute atomic E-state index is 5.84. The molecule has 0 unspecified atom stereocenters. The number of hydrogen-bond acceptors (Lipinski definition) is 4. The van der Waals surface area contributed by atoms with Gasteiger partial charge >= 0.3 is 77.9 Å². The van der Waals surface area contributed by atoms with Crippen molar-refractivity contribution >= 4 is 20.3 Å². The molecule has 0 fully saturated rings. The Kier molecular flexibility index (Phi) is 6.99. The molecular weight excluding hydrogens is 234 g/mol. The third-order valence-electron chi connectivity index (χ3n) is 0.751. The number of hydrogen-bond donors (Lipinski definition) is 4. The molecule has 0 aliphatic rings. The Morgan fingerprint density at radius 1 is 1.00 bits per heavy atom. The van der Waals surface area contributed by atoms with Gasteiger partial charge in [-0.1, -0.05) is 0 Å². The number of nitrogens with one attached hydrogen (secondary N) is 2. The van der Waals surface area contributed by atoms with Crippen LogP contribution in [0.15, 0.2) is 0 Å². The average Bonchev–Trinajstić information content (AvgIpc) is 1.97. The van der Waals surface area contributed by atoms with Gasteiger partial charge in [-0.3, -0.25) is 0 Å². The van der Waals surface area contributed by atoms with Crippen molar-refractivity contribution in [3.63, 3.8) is 0 Å². The molecule has 0 aromatic heterocycles. The summed E-state index contributed by atoms with van der Waals surface area (Å²) in [5.74, 6) is 0. The summed E-state index contributed by atoms with van der Waals surface area (Å²) in [6.45, 7) is 2.26. The van der Waals surface area contributed by atoms with Crippen molar-refractivity contribution in [3.8, 4) is 0 Å². The first-order valence-corrected chi connectivity index (χ1v) is 7.01. The maximum atomic E-state index is 5.84. The topological polar surface area (TPSA) is 76.1 Å². The Hall–Kier alpha value is 0.926. The van der Waals surface area contributed by atoms with Gasteiger partial charge in [-0.2, -0.15) is 0 Å². The molecule has 0 aliphatic heterocycles. The zero-order chi connectivity index (χ0) is 8.74. The van der Waals surface area contributed by atoms with Crippen LogP contribution in [0.5, 0.6) is 0 Å². The SMILES string of the molecule is NCC[NH][Co]([Cl])([Cl])[NH]CCN. The van der Waals surface area contributed by atoms with Crippen LogP contribution in [0.1, 0.15) is 0 Å². The molecule has 0 rings (SSSR count). The van der Waals surface area contributed by atoms with Gasteiger partial charge in [0, 0.05) is 0 Å². The minimum absolute atomic E-state index is 0.519. The third-order valence-corrected chi connectivity index (χ3v) is 3.67. The first-order valence-electron chi connectivity index (χ1n) is 3.11. The quantitative estimate of drug-likeness (QED) is 0.505. The zero-order valence-corrected chi connectivity index (χ0v) is 8.63. The van der Waals surface area contributed by atoms with E-state index in [1.807, 2.05) is 0 Å². The number of halogens is 2.